The molecule has 1 N–H and O–H groups in total. The van der Waals surface area contributed by atoms with Crippen molar-refractivity contribution in [3.63, 3.8) is 0 Å². The number of hydrazone groups is 1. The molecular formula is C11H15N3O5S. The lowest BCUT2D eigenvalue weighted by molar-refractivity contribution is -0.402. The van der Waals surface area contributed by atoms with E-state index in [1.807, 2.05) is 0 Å². The van der Waals surface area contributed by atoms with E-state index in [-0.39, 0.29) is 17.7 Å². The lowest BCUT2D eigenvalue weighted by Gasteiger charge is -2.12. The molecule has 8 nitrogen and oxygen atoms in total. The van der Waals surface area contributed by atoms with Gasteiger partial charge in [0.15, 0.2) is 5.76 Å². The first-order valence-corrected chi connectivity index (χ1v) is 7.21. The van der Waals surface area contributed by atoms with Gasteiger partial charge in [-0.05, 0) is 11.8 Å². The Morgan fingerprint density at radius 2 is 2.50 bits per heavy atom. The van der Waals surface area contributed by atoms with Crippen LogP contribution in [0.4, 0.5) is 5.88 Å². The molecule has 0 spiro atoms. The highest BCUT2D eigenvalue weighted by Crippen LogP contribution is 2.19. The molecule has 1 aromatic heterocycles. The number of aliphatic hydroxyl groups is 1. The molecule has 0 unspecified atom stereocenters. The molecule has 0 bridgehead atoms. The number of nitro groups is 1. The van der Waals surface area contributed by atoms with E-state index in [9.17, 15) is 15.2 Å². The van der Waals surface area contributed by atoms with E-state index in [0.717, 1.165) is 11.5 Å². The monoisotopic (exact) mass is 301 g/mol. The Morgan fingerprint density at radius 1 is 1.70 bits per heavy atom. The zero-order valence-electron chi connectivity index (χ0n) is 10.8. The first-order valence-electron chi connectivity index (χ1n) is 6.06. The van der Waals surface area contributed by atoms with Crippen molar-refractivity contribution in [2.24, 2.45) is 5.10 Å². The Balaban J connectivity index is 1.91. The molecule has 9 heteroatoms. The number of furan rings is 1. The van der Waals surface area contributed by atoms with Crippen LogP contribution in [0, 0.1) is 10.1 Å². The van der Waals surface area contributed by atoms with Crippen molar-refractivity contribution < 1.29 is 19.2 Å². The van der Waals surface area contributed by atoms with Crippen molar-refractivity contribution in [3.05, 3.63) is 28.0 Å². The van der Waals surface area contributed by atoms with Gasteiger partial charge in [0.2, 0.25) is 0 Å². The number of rotatable bonds is 6. The molecule has 20 heavy (non-hydrogen) atoms. The van der Waals surface area contributed by atoms with E-state index in [2.05, 4.69) is 12.0 Å². The smallest absolute Gasteiger partial charge is 0.400 e. The van der Waals surface area contributed by atoms with E-state index in [0.29, 0.717) is 6.54 Å². The van der Waals surface area contributed by atoms with Gasteiger partial charge in [0, 0.05) is 5.75 Å². The first-order chi connectivity index (χ1) is 9.60. The average Bonchev–Trinajstić information content (AvgIpc) is 3.01. The fraction of sp³-hybridized carbons (Fsp3) is 0.545. The minimum Gasteiger partial charge on any atom is -0.400 e. The minimum atomic E-state index is -1.10. The van der Waals surface area contributed by atoms with Crippen LogP contribution in [-0.4, -0.2) is 51.8 Å². The zero-order chi connectivity index (χ0) is 14.5. The van der Waals surface area contributed by atoms with Gasteiger partial charge in [-0.2, -0.15) is 16.9 Å². The fourth-order valence-corrected chi connectivity index (χ4v) is 2.35. The van der Waals surface area contributed by atoms with Crippen molar-refractivity contribution >= 4 is 23.9 Å². The number of thioether (sulfide) groups is 1. The van der Waals surface area contributed by atoms with E-state index < -0.39 is 11.3 Å². The molecule has 1 aromatic rings. The average molecular weight is 301 g/mol. The normalized spacial score (nSPS) is 22.8. The molecule has 2 atom stereocenters. The van der Waals surface area contributed by atoms with Gasteiger partial charge >= 0.3 is 5.88 Å². The SMILES string of the molecule is CCSC[C@H]1CN(/N=C\c2ccc([N+](=O)[O-])o2)[C@H](O)O1. The summed E-state index contributed by atoms with van der Waals surface area (Å²) in [5.41, 5.74) is 0. The third-order valence-corrected chi connectivity index (χ3v) is 3.61. The van der Waals surface area contributed by atoms with E-state index in [1.54, 1.807) is 11.8 Å². The summed E-state index contributed by atoms with van der Waals surface area (Å²) in [6.07, 6.45) is 0.131. The minimum absolute atomic E-state index is 0.0852. The van der Waals surface area contributed by atoms with Gasteiger partial charge in [-0.1, -0.05) is 6.92 Å². The quantitative estimate of drug-likeness (QED) is 0.479. The predicted octanol–water partition coefficient (Wildman–Crippen LogP) is 1.25. The molecule has 1 aliphatic rings. The molecule has 2 rings (SSSR count). The topological polar surface area (TPSA) is 101 Å². The van der Waals surface area contributed by atoms with Crippen molar-refractivity contribution in [2.75, 3.05) is 18.1 Å². The van der Waals surface area contributed by atoms with Crippen LogP contribution in [0.15, 0.2) is 21.7 Å². The summed E-state index contributed by atoms with van der Waals surface area (Å²) in [6.45, 7) is 2.52. The Bertz CT molecular complexity index is 492. The number of hydrogen-bond donors (Lipinski definition) is 1. The van der Waals surface area contributed by atoms with Crippen LogP contribution in [0.2, 0.25) is 0 Å². The maximum atomic E-state index is 10.5. The summed E-state index contributed by atoms with van der Waals surface area (Å²) >= 11 is 1.72. The number of hydrogen-bond acceptors (Lipinski definition) is 8. The summed E-state index contributed by atoms with van der Waals surface area (Å²) in [6, 6.07) is 2.69. The second-order valence-corrected chi connectivity index (χ2v) is 5.36. The molecular weight excluding hydrogens is 286 g/mol. The van der Waals surface area contributed by atoms with Crippen molar-refractivity contribution in [1.29, 1.82) is 0 Å². The van der Waals surface area contributed by atoms with Crippen molar-refractivity contribution in [1.82, 2.24) is 5.01 Å². The van der Waals surface area contributed by atoms with E-state index >= 15 is 0 Å². The largest absolute Gasteiger partial charge is 0.433 e. The Morgan fingerprint density at radius 3 is 3.15 bits per heavy atom. The van der Waals surface area contributed by atoms with Gasteiger partial charge < -0.3 is 14.3 Å². The number of nitrogens with zero attached hydrogens (tertiary/aromatic N) is 3. The zero-order valence-corrected chi connectivity index (χ0v) is 11.7. The summed E-state index contributed by atoms with van der Waals surface area (Å²) in [5.74, 6) is 1.67. The second-order valence-electron chi connectivity index (χ2n) is 4.04. The van der Waals surface area contributed by atoms with Crippen molar-refractivity contribution in [2.45, 2.75) is 19.4 Å². The van der Waals surface area contributed by atoms with Crippen LogP contribution in [0.5, 0.6) is 0 Å². The lowest BCUT2D eigenvalue weighted by atomic mass is 10.4. The molecule has 0 aromatic carbocycles. The molecule has 0 aliphatic carbocycles. The third kappa shape index (κ3) is 3.71. The van der Waals surface area contributed by atoms with Crippen LogP contribution >= 0.6 is 11.8 Å². The summed E-state index contributed by atoms with van der Waals surface area (Å²) in [7, 11) is 0. The fourth-order valence-electron chi connectivity index (χ4n) is 1.67. The van der Waals surface area contributed by atoms with Gasteiger partial charge in [0.05, 0.1) is 24.9 Å². The standard InChI is InChI=1S/C11H15N3O5S/c1-2-20-7-9-6-13(11(15)19-9)12-5-8-3-4-10(18-8)14(16)17/h3-5,9,11,15H,2,6-7H2,1H3/b12-5-/t9-,11-/m1/s1. The molecule has 1 aliphatic heterocycles. The molecule has 0 radical (unpaired) electrons. The van der Waals surface area contributed by atoms with Gasteiger partial charge in [0.1, 0.15) is 4.92 Å². The van der Waals surface area contributed by atoms with Crippen molar-refractivity contribution in [3.8, 4) is 0 Å². The summed E-state index contributed by atoms with van der Waals surface area (Å²) in [5, 5.41) is 25.5. The third-order valence-electron chi connectivity index (χ3n) is 2.59. The van der Waals surface area contributed by atoms with Crippen LogP contribution in [0.3, 0.4) is 0 Å². The number of aliphatic hydroxyl groups excluding tert-OH is 1. The summed E-state index contributed by atoms with van der Waals surface area (Å²) in [4.78, 5) is 9.84. The van der Waals surface area contributed by atoms with E-state index in [4.69, 9.17) is 9.15 Å². The maximum Gasteiger partial charge on any atom is 0.433 e. The molecule has 1 fully saturated rings. The van der Waals surface area contributed by atoms with Crippen LogP contribution in [0.1, 0.15) is 12.7 Å². The van der Waals surface area contributed by atoms with Gasteiger partial charge in [-0.25, -0.2) is 5.01 Å². The Kier molecular flexibility index (Phi) is 4.99. The molecule has 0 amide bonds. The van der Waals surface area contributed by atoms with Gasteiger partial charge in [-0.15, -0.1) is 0 Å². The van der Waals surface area contributed by atoms with Gasteiger partial charge in [0.25, 0.3) is 6.41 Å². The number of ether oxygens (including phenoxy) is 1. The highest BCUT2D eigenvalue weighted by atomic mass is 32.2. The van der Waals surface area contributed by atoms with Crippen LogP contribution < -0.4 is 0 Å². The summed E-state index contributed by atoms with van der Waals surface area (Å²) < 4.78 is 10.2. The molecule has 0 saturated carbocycles. The Hall–Kier alpha value is -1.58. The van der Waals surface area contributed by atoms with Crippen LogP contribution in [-0.2, 0) is 4.74 Å². The molecule has 110 valence electrons. The van der Waals surface area contributed by atoms with Gasteiger partial charge in [-0.3, -0.25) is 10.1 Å². The van der Waals surface area contributed by atoms with Crippen LogP contribution in [0.25, 0.3) is 0 Å². The highest BCUT2D eigenvalue weighted by Gasteiger charge is 2.30. The van der Waals surface area contributed by atoms with E-state index in [1.165, 1.54) is 23.4 Å². The highest BCUT2D eigenvalue weighted by molar-refractivity contribution is 7.99. The predicted molar refractivity (Wildman–Crippen MR) is 73.5 cm³/mol. The maximum absolute atomic E-state index is 10.5. The second kappa shape index (κ2) is 6.73. The lowest BCUT2D eigenvalue weighted by Crippen LogP contribution is -2.24. The first kappa shape index (κ1) is 14.8. The molecule has 2 heterocycles. The molecule has 1 saturated heterocycles. The Labute approximate surface area is 119 Å².